The Bertz CT molecular complexity index is 65.3. The molecule has 0 fully saturated rings. The minimum atomic E-state index is -0.373. The molecule has 0 rings (SSSR count). The van der Waals surface area contributed by atoms with Crippen molar-refractivity contribution < 1.29 is 9.53 Å². The maximum absolute atomic E-state index is 9.47. The molecule has 8 heavy (non-hydrogen) atoms. The van der Waals surface area contributed by atoms with Crippen LogP contribution in [0, 0.1) is 0 Å². The molecule has 0 aliphatic rings. The van der Waals surface area contributed by atoms with E-state index in [0.29, 0.717) is 0 Å². The summed E-state index contributed by atoms with van der Waals surface area (Å²) in [6.45, 7) is 6.73. The van der Waals surface area contributed by atoms with E-state index in [1.807, 2.05) is 0 Å². The van der Waals surface area contributed by atoms with Crippen molar-refractivity contribution in [2.45, 2.75) is 26.4 Å². The summed E-state index contributed by atoms with van der Waals surface area (Å²) in [5, 5.41) is 0. The molecule has 0 aromatic carbocycles. The first-order chi connectivity index (χ1) is 3.06. The summed E-state index contributed by atoms with van der Waals surface area (Å²) < 4.78 is 4.42. The molecule has 0 spiro atoms. The van der Waals surface area contributed by atoms with Gasteiger partial charge in [-0.15, -0.1) is 17.0 Å². The lowest BCUT2D eigenvalue weighted by atomic mass is 10.2. The number of hydrogen-bond acceptors (Lipinski definition) is 2. The number of halogens is 1. The highest BCUT2D eigenvalue weighted by atomic mass is 79.9. The predicted octanol–water partition coefficient (Wildman–Crippen LogP) is 1.45. The van der Waals surface area contributed by atoms with Gasteiger partial charge in [0.05, 0.1) is 0 Å². The molecule has 0 aliphatic heterocycles. The van der Waals surface area contributed by atoms with Crippen LogP contribution in [-0.2, 0) is 9.53 Å². The van der Waals surface area contributed by atoms with Crippen molar-refractivity contribution in [3.8, 4) is 0 Å². The van der Waals surface area contributed by atoms with Gasteiger partial charge in [0.15, 0.2) is 0 Å². The first-order valence-corrected chi connectivity index (χ1v) is 2.11. The molecule has 0 saturated carbocycles. The van der Waals surface area contributed by atoms with E-state index in [1.165, 1.54) is 6.47 Å². The minimum Gasteiger partial charge on any atom is -0.452 e. The summed E-state index contributed by atoms with van der Waals surface area (Å²) in [6.07, 6.45) is 0. The van der Waals surface area contributed by atoms with Crippen molar-refractivity contribution >= 4 is 23.5 Å². The van der Waals surface area contributed by atoms with Gasteiger partial charge in [0.25, 0.3) is 0 Å². The van der Waals surface area contributed by atoms with Crippen molar-refractivity contribution in [1.82, 2.24) is 0 Å². The second-order valence-electron chi connectivity index (χ2n) is 2.30. The van der Waals surface area contributed by atoms with Gasteiger partial charge >= 0.3 is 6.47 Å². The summed E-state index contributed by atoms with van der Waals surface area (Å²) >= 11 is 0. The average molecular weight is 182 g/mol. The van der Waals surface area contributed by atoms with Gasteiger partial charge < -0.3 is 4.74 Å². The lowest BCUT2D eigenvalue weighted by molar-refractivity contribution is 0.109. The van der Waals surface area contributed by atoms with Crippen LogP contribution in [0.4, 0.5) is 0 Å². The smallest absolute Gasteiger partial charge is 0.418 e. The summed E-state index contributed by atoms with van der Waals surface area (Å²) in [5.41, 5.74) is -0.373. The lowest BCUT2D eigenvalue weighted by Gasteiger charge is -2.13. The van der Waals surface area contributed by atoms with Crippen molar-refractivity contribution in [3.63, 3.8) is 0 Å². The Morgan fingerprint density at radius 3 is 1.75 bits per heavy atom. The topological polar surface area (TPSA) is 26.3 Å². The Morgan fingerprint density at radius 2 is 1.75 bits per heavy atom. The van der Waals surface area contributed by atoms with Crippen LogP contribution in [-0.4, -0.2) is 12.1 Å². The summed E-state index contributed by atoms with van der Waals surface area (Å²) in [4.78, 5) is 9.47. The molecule has 0 atom stereocenters. The van der Waals surface area contributed by atoms with E-state index in [2.05, 4.69) is 4.74 Å². The van der Waals surface area contributed by atoms with E-state index in [9.17, 15) is 4.79 Å². The van der Waals surface area contributed by atoms with Crippen molar-refractivity contribution in [2.24, 2.45) is 0 Å². The maximum atomic E-state index is 9.47. The first kappa shape index (κ1) is 10.8. The third kappa shape index (κ3) is 9.34. The van der Waals surface area contributed by atoms with Crippen LogP contribution >= 0.6 is 17.0 Å². The Balaban J connectivity index is 0. The highest BCUT2D eigenvalue weighted by Crippen LogP contribution is 2.02. The van der Waals surface area contributed by atoms with Gasteiger partial charge in [0, 0.05) is 0 Å². The molecule has 49 valence electrons. The molecule has 0 saturated heterocycles. The fourth-order valence-corrected chi connectivity index (χ4v) is 0.125. The normalized spacial score (nSPS) is 9.38. The zero-order valence-electron chi connectivity index (χ0n) is 5.22. The molecule has 0 amide bonds. The van der Waals surface area contributed by atoms with Crippen LogP contribution in [0.15, 0.2) is 0 Å². The third-order valence-electron chi connectivity index (χ3n) is 0.348. The number of ether oxygens (including phenoxy) is 1. The molecule has 0 heterocycles. The van der Waals surface area contributed by atoms with Gasteiger partial charge in [0.1, 0.15) is 5.60 Å². The fraction of sp³-hybridized carbons (Fsp3) is 0.800. The second-order valence-corrected chi connectivity index (χ2v) is 2.30. The Hall–Kier alpha value is -0.0500. The van der Waals surface area contributed by atoms with Crippen LogP contribution in [0.1, 0.15) is 20.8 Å². The van der Waals surface area contributed by atoms with Crippen LogP contribution < -0.4 is 0 Å². The zero-order chi connectivity index (χ0) is 5.91. The van der Waals surface area contributed by atoms with Gasteiger partial charge in [-0.1, -0.05) is 0 Å². The standard InChI is InChI=1S/C5H9O2.BrH/c1-5(2,3)7-4-6;/h1-3H3;1H. The highest BCUT2D eigenvalue weighted by Gasteiger charge is 2.08. The van der Waals surface area contributed by atoms with Gasteiger partial charge in [-0.25, -0.2) is 4.79 Å². The van der Waals surface area contributed by atoms with E-state index in [0.717, 1.165) is 0 Å². The first-order valence-electron chi connectivity index (χ1n) is 2.11. The van der Waals surface area contributed by atoms with Gasteiger partial charge in [-0.05, 0) is 20.8 Å². The molecular formula is C5H10BrO2. The van der Waals surface area contributed by atoms with Crippen LogP contribution in [0.25, 0.3) is 0 Å². The van der Waals surface area contributed by atoms with E-state index < -0.39 is 0 Å². The monoisotopic (exact) mass is 181 g/mol. The van der Waals surface area contributed by atoms with Crippen molar-refractivity contribution in [3.05, 3.63) is 0 Å². The molecule has 2 nitrogen and oxygen atoms in total. The molecular weight excluding hydrogens is 172 g/mol. The summed E-state index contributed by atoms with van der Waals surface area (Å²) in [7, 11) is 0. The molecule has 0 bridgehead atoms. The van der Waals surface area contributed by atoms with E-state index >= 15 is 0 Å². The third-order valence-corrected chi connectivity index (χ3v) is 0.348. The van der Waals surface area contributed by atoms with Crippen LogP contribution in [0.3, 0.4) is 0 Å². The zero-order valence-corrected chi connectivity index (χ0v) is 6.94. The molecule has 0 aromatic rings. The summed E-state index contributed by atoms with van der Waals surface area (Å²) in [6, 6.07) is 0. The number of hydrogen-bond donors (Lipinski definition) is 0. The molecule has 0 unspecified atom stereocenters. The maximum Gasteiger partial charge on any atom is 0.418 e. The number of carbonyl (C=O) groups excluding carboxylic acids is 1. The summed E-state index contributed by atoms with van der Waals surface area (Å²) in [5.74, 6) is 0. The molecule has 0 N–H and O–H groups in total. The molecule has 0 aliphatic carbocycles. The van der Waals surface area contributed by atoms with Crippen LogP contribution in [0.2, 0.25) is 0 Å². The van der Waals surface area contributed by atoms with Crippen molar-refractivity contribution in [2.75, 3.05) is 0 Å². The van der Waals surface area contributed by atoms with Gasteiger partial charge in [-0.3, -0.25) is 0 Å². The quantitative estimate of drug-likeness (QED) is 0.613. The average Bonchev–Trinajstić information content (AvgIpc) is 1.30. The minimum absolute atomic E-state index is 0. The Labute approximate surface area is 60.0 Å². The Kier molecular flexibility index (Phi) is 5.28. The second kappa shape index (κ2) is 3.89. The molecule has 3 heteroatoms. The lowest BCUT2D eigenvalue weighted by Crippen LogP contribution is -2.17. The van der Waals surface area contributed by atoms with Crippen molar-refractivity contribution in [1.29, 1.82) is 0 Å². The molecule has 1 radical (unpaired) electrons. The van der Waals surface area contributed by atoms with Crippen LogP contribution in [0.5, 0.6) is 0 Å². The highest BCUT2D eigenvalue weighted by molar-refractivity contribution is 8.93. The predicted molar refractivity (Wildman–Crippen MR) is 36.9 cm³/mol. The SMILES string of the molecule is Br.CC(C)(C)O[C]=O. The molecule has 0 aromatic heterocycles. The van der Waals surface area contributed by atoms with Gasteiger partial charge in [-0.2, -0.15) is 0 Å². The largest absolute Gasteiger partial charge is 0.452 e. The fourth-order valence-electron chi connectivity index (χ4n) is 0.125. The van der Waals surface area contributed by atoms with E-state index in [4.69, 9.17) is 0 Å². The van der Waals surface area contributed by atoms with E-state index in [1.54, 1.807) is 20.8 Å². The number of rotatable bonds is 1. The van der Waals surface area contributed by atoms with E-state index in [-0.39, 0.29) is 22.6 Å². The Morgan fingerprint density at radius 1 is 1.38 bits per heavy atom. The van der Waals surface area contributed by atoms with Gasteiger partial charge in [0.2, 0.25) is 0 Å².